The van der Waals surface area contributed by atoms with Crippen molar-refractivity contribution in [2.45, 2.75) is 19.4 Å². The molecule has 0 radical (unpaired) electrons. The van der Waals surface area contributed by atoms with Crippen LogP contribution >= 0.6 is 0 Å². The van der Waals surface area contributed by atoms with Crippen LogP contribution in [0, 0.1) is 5.92 Å². The highest BCUT2D eigenvalue weighted by molar-refractivity contribution is 6.02. The van der Waals surface area contributed by atoms with Crippen LogP contribution < -0.4 is 16.0 Å². The van der Waals surface area contributed by atoms with Crippen molar-refractivity contribution in [3.63, 3.8) is 0 Å². The number of primary amides is 1. The SMILES string of the molecule is NC(=O)C1CCCN(c2ccc(NC(=O)c3cn(Cc4ccccc4)nn3)cn2)C1. The standard InChI is InChI=1S/C21H23N7O2/c22-20(29)16-7-4-10-27(13-16)19-9-8-17(11-23-19)24-21(30)18-14-28(26-25-18)12-15-5-2-1-3-6-15/h1-3,5-6,8-9,11,14,16H,4,7,10,12-13H2,(H2,22,29)(H,24,30). The first-order valence-electron chi connectivity index (χ1n) is 9.84. The minimum Gasteiger partial charge on any atom is -0.369 e. The van der Waals surface area contributed by atoms with Gasteiger partial charge in [-0.25, -0.2) is 9.67 Å². The molecule has 30 heavy (non-hydrogen) atoms. The van der Waals surface area contributed by atoms with Crippen LogP contribution in [0.15, 0.2) is 54.9 Å². The number of piperidine rings is 1. The molecular formula is C21H23N7O2. The molecule has 0 aliphatic carbocycles. The zero-order valence-corrected chi connectivity index (χ0v) is 16.4. The Balaban J connectivity index is 1.36. The Morgan fingerprint density at radius 2 is 2.00 bits per heavy atom. The molecule has 1 fully saturated rings. The number of nitrogens with zero attached hydrogens (tertiary/aromatic N) is 5. The minimum atomic E-state index is -0.351. The molecule has 1 atom stereocenters. The Kier molecular flexibility index (Phi) is 5.69. The molecule has 154 valence electrons. The first-order valence-corrected chi connectivity index (χ1v) is 9.84. The number of aromatic nitrogens is 4. The molecule has 9 heteroatoms. The molecule has 9 nitrogen and oxygen atoms in total. The number of carbonyl (C=O) groups is 2. The van der Waals surface area contributed by atoms with Crippen molar-refractivity contribution in [1.82, 2.24) is 20.0 Å². The van der Waals surface area contributed by atoms with Gasteiger partial charge in [0.15, 0.2) is 5.69 Å². The van der Waals surface area contributed by atoms with Crippen molar-refractivity contribution in [2.24, 2.45) is 11.7 Å². The quantitative estimate of drug-likeness (QED) is 0.644. The van der Waals surface area contributed by atoms with Crippen molar-refractivity contribution in [3.8, 4) is 0 Å². The molecular weight excluding hydrogens is 382 g/mol. The van der Waals surface area contributed by atoms with Crippen molar-refractivity contribution >= 4 is 23.3 Å². The van der Waals surface area contributed by atoms with E-state index in [1.165, 1.54) is 0 Å². The van der Waals surface area contributed by atoms with Gasteiger partial charge >= 0.3 is 0 Å². The Labute approximate surface area is 173 Å². The third-order valence-electron chi connectivity index (χ3n) is 5.11. The maximum absolute atomic E-state index is 12.5. The maximum atomic E-state index is 12.5. The molecule has 2 aromatic heterocycles. The summed E-state index contributed by atoms with van der Waals surface area (Å²) < 4.78 is 1.62. The number of hydrogen-bond donors (Lipinski definition) is 2. The summed E-state index contributed by atoms with van der Waals surface area (Å²) >= 11 is 0. The van der Waals surface area contributed by atoms with Crippen LogP contribution in [-0.4, -0.2) is 44.9 Å². The van der Waals surface area contributed by atoms with E-state index < -0.39 is 0 Å². The number of amides is 2. The van der Waals surface area contributed by atoms with Crippen molar-refractivity contribution in [1.29, 1.82) is 0 Å². The Morgan fingerprint density at radius 1 is 1.17 bits per heavy atom. The van der Waals surface area contributed by atoms with E-state index in [-0.39, 0.29) is 23.4 Å². The van der Waals surface area contributed by atoms with Crippen LogP contribution in [-0.2, 0) is 11.3 Å². The van der Waals surface area contributed by atoms with Gasteiger partial charge in [0.05, 0.1) is 30.5 Å². The van der Waals surface area contributed by atoms with Crippen LogP contribution in [0.3, 0.4) is 0 Å². The molecule has 1 aliphatic heterocycles. The molecule has 1 aliphatic rings. The molecule has 0 bridgehead atoms. The zero-order valence-electron chi connectivity index (χ0n) is 16.4. The number of pyridine rings is 1. The first kappa shape index (κ1) is 19.6. The first-order chi connectivity index (χ1) is 14.6. The monoisotopic (exact) mass is 405 g/mol. The number of carbonyl (C=O) groups excluding carboxylic acids is 2. The average Bonchev–Trinajstić information content (AvgIpc) is 3.24. The molecule has 4 rings (SSSR count). The van der Waals surface area contributed by atoms with Crippen LogP contribution in [0.5, 0.6) is 0 Å². The van der Waals surface area contributed by atoms with Crippen LogP contribution in [0.1, 0.15) is 28.9 Å². The predicted molar refractivity (Wildman–Crippen MR) is 112 cm³/mol. The average molecular weight is 405 g/mol. The van der Waals surface area contributed by atoms with E-state index in [0.29, 0.717) is 18.8 Å². The summed E-state index contributed by atoms with van der Waals surface area (Å²) in [6.07, 6.45) is 4.91. The summed E-state index contributed by atoms with van der Waals surface area (Å²) in [5.41, 5.74) is 7.31. The number of anilines is 2. The summed E-state index contributed by atoms with van der Waals surface area (Å²) in [5.74, 6) is -0.0225. The van der Waals surface area contributed by atoms with Gasteiger partial charge in [-0.1, -0.05) is 35.5 Å². The van der Waals surface area contributed by atoms with E-state index in [2.05, 4.69) is 20.6 Å². The summed E-state index contributed by atoms with van der Waals surface area (Å²) in [7, 11) is 0. The molecule has 1 saturated heterocycles. The lowest BCUT2D eigenvalue weighted by Gasteiger charge is -2.32. The number of nitrogens with two attached hydrogens (primary N) is 1. The molecule has 3 N–H and O–H groups in total. The van der Waals surface area contributed by atoms with Crippen LogP contribution in [0.4, 0.5) is 11.5 Å². The normalized spacial score (nSPS) is 16.3. The third-order valence-corrected chi connectivity index (χ3v) is 5.11. The van der Waals surface area contributed by atoms with E-state index in [1.54, 1.807) is 23.1 Å². The second kappa shape index (κ2) is 8.73. The van der Waals surface area contributed by atoms with Gasteiger partial charge in [0.1, 0.15) is 5.82 Å². The number of benzene rings is 1. The molecule has 1 unspecified atom stereocenters. The van der Waals surface area contributed by atoms with Gasteiger partial charge in [-0.05, 0) is 30.5 Å². The second-order valence-corrected chi connectivity index (χ2v) is 7.33. The zero-order chi connectivity index (χ0) is 20.9. The summed E-state index contributed by atoms with van der Waals surface area (Å²) in [4.78, 5) is 30.4. The van der Waals surface area contributed by atoms with Gasteiger partial charge in [-0.3, -0.25) is 9.59 Å². The highest BCUT2D eigenvalue weighted by atomic mass is 16.2. The highest BCUT2D eigenvalue weighted by Gasteiger charge is 2.24. The Morgan fingerprint density at radius 3 is 2.73 bits per heavy atom. The van der Waals surface area contributed by atoms with Gasteiger partial charge in [0.2, 0.25) is 5.91 Å². The fraction of sp³-hybridized carbons (Fsp3) is 0.286. The maximum Gasteiger partial charge on any atom is 0.277 e. The van der Waals surface area contributed by atoms with E-state index in [0.717, 1.165) is 30.8 Å². The fourth-order valence-electron chi connectivity index (χ4n) is 3.51. The molecule has 3 heterocycles. The molecule has 0 spiro atoms. The second-order valence-electron chi connectivity index (χ2n) is 7.33. The number of hydrogen-bond acceptors (Lipinski definition) is 6. The summed E-state index contributed by atoms with van der Waals surface area (Å²) in [5, 5.41) is 10.8. The van der Waals surface area contributed by atoms with E-state index in [4.69, 9.17) is 5.73 Å². The van der Waals surface area contributed by atoms with Gasteiger partial charge in [0, 0.05) is 13.1 Å². The fourth-order valence-corrected chi connectivity index (χ4v) is 3.51. The van der Waals surface area contributed by atoms with Gasteiger partial charge in [0.25, 0.3) is 5.91 Å². The van der Waals surface area contributed by atoms with E-state index >= 15 is 0 Å². The number of nitrogens with one attached hydrogen (secondary N) is 1. The van der Waals surface area contributed by atoms with Crippen molar-refractivity contribution < 1.29 is 9.59 Å². The Hall–Kier alpha value is -3.75. The predicted octanol–water partition coefficient (Wildman–Crippen LogP) is 1.68. The molecule has 1 aromatic carbocycles. The Bertz CT molecular complexity index is 1020. The van der Waals surface area contributed by atoms with Crippen molar-refractivity contribution in [3.05, 3.63) is 66.1 Å². The molecule has 3 aromatic rings. The topological polar surface area (TPSA) is 119 Å². The number of rotatable bonds is 6. The summed E-state index contributed by atoms with van der Waals surface area (Å²) in [6, 6.07) is 13.4. The molecule has 2 amide bonds. The van der Waals surface area contributed by atoms with Gasteiger partial charge in [-0.2, -0.15) is 0 Å². The van der Waals surface area contributed by atoms with Crippen LogP contribution in [0.25, 0.3) is 0 Å². The lowest BCUT2D eigenvalue weighted by Crippen LogP contribution is -2.41. The van der Waals surface area contributed by atoms with Gasteiger partial charge in [-0.15, -0.1) is 5.10 Å². The van der Waals surface area contributed by atoms with E-state index in [1.807, 2.05) is 41.3 Å². The minimum absolute atomic E-state index is 0.154. The smallest absolute Gasteiger partial charge is 0.277 e. The lowest BCUT2D eigenvalue weighted by molar-refractivity contribution is -0.122. The lowest BCUT2D eigenvalue weighted by atomic mass is 9.97. The van der Waals surface area contributed by atoms with Gasteiger partial charge < -0.3 is 16.0 Å². The highest BCUT2D eigenvalue weighted by Crippen LogP contribution is 2.22. The van der Waals surface area contributed by atoms with Crippen molar-refractivity contribution in [2.75, 3.05) is 23.3 Å². The van der Waals surface area contributed by atoms with E-state index in [9.17, 15) is 9.59 Å². The third kappa shape index (κ3) is 4.62. The summed E-state index contributed by atoms with van der Waals surface area (Å²) in [6.45, 7) is 1.94. The largest absolute Gasteiger partial charge is 0.369 e. The van der Waals surface area contributed by atoms with Crippen LogP contribution in [0.2, 0.25) is 0 Å². The molecule has 0 saturated carbocycles.